The van der Waals surface area contributed by atoms with E-state index in [-0.39, 0.29) is 26.2 Å². The van der Waals surface area contributed by atoms with Crippen molar-refractivity contribution in [1.82, 2.24) is 9.80 Å². The van der Waals surface area contributed by atoms with Gasteiger partial charge in [0.2, 0.25) is 0 Å². The van der Waals surface area contributed by atoms with E-state index < -0.39 is 18.2 Å². The fourth-order valence-electron chi connectivity index (χ4n) is 2.89. The molecule has 0 radical (unpaired) electrons. The molecule has 0 spiro atoms. The normalized spacial score (nSPS) is 16.9. The molecule has 27 heavy (non-hydrogen) atoms. The summed E-state index contributed by atoms with van der Waals surface area (Å²) >= 11 is 0. The lowest BCUT2D eigenvalue weighted by molar-refractivity contribution is 0.0562. The molecule has 1 aliphatic heterocycles. The number of amides is 2. The van der Waals surface area contributed by atoms with Gasteiger partial charge in [-0.05, 0) is 12.1 Å². The van der Waals surface area contributed by atoms with E-state index in [0.717, 1.165) is 6.42 Å². The predicted molar refractivity (Wildman–Crippen MR) is 96.7 cm³/mol. The standard InChI is InChI=1S/C18H26N2O7/c1-25-9-3-10-26-15-4-2-5-16(12-15)27-11-6-14-13-19(17(21)22)7-8-20(14)18(23)24/h2,4-5,12,14H,3,6-11,13H2,1H3,(H,21,22)(H,23,24)/t14-/m1/s1. The Hall–Kier alpha value is -2.68. The average Bonchev–Trinajstić information content (AvgIpc) is 2.65. The number of hydrogen-bond donors (Lipinski definition) is 2. The van der Waals surface area contributed by atoms with Crippen LogP contribution in [0.25, 0.3) is 0 Å². The smallest absolute Gasteiger partial charge is 0.407 e. The highest BCUT2D eigenvalue weighted by atomic mass is 16.5. The molecule has 0 unspecified atom stereocenters. The summed E-state index contributed by atoms with van der Waals surface area (Å²) in [5.41, 5.74) is 0. The SMILES string of the molecule is COCCCOc1cccc(OCC[C@@H]2CN(C(=O)O)CCN2C(=O)O)c1. The maximum absolute atomic E-state index is 11.4. The van der Waals surface area contributed by atoms with Gasteiger partial charge in [0, 0.05) is 52.3 Å². The van der Waals surface area contributed by atoms with Crippen molar-refractivity contribution in [2.24, 2.45) is 0 Å². The number of hydrogen-bond acceptors (Lipinski definition) is 5. The fourth-order valence-corrected chi connectivity index (χ4v) is 2.89. The molecule has 1 aromatic carbocycles. The molecule has 1 aliphatic rings. The minimum absolute atomic E-state index is 0.146. The molecular formula is C18H26N2O7. The number of methoxy groups -OCH3 is 1. The number of carbonyl (C=O) groups is 2. The van der Waals surface area contributed by atoms with Gasteiger partial charge in [0.1, 0.15) is 11.5 Å². The van der Waals surface area contributed by atoms with Crippen LogP contribution >= 0.6 is 0 Å². The van der Waals surface area contributed by atoms with Gasteiger partial charge in [-0.2, -0.15) is 0 Å². The summed E-state index contributed by atoms with van der Waals surface area (Å²) in [4.78, 5) is 25.0. The molecule has 150 valence electrons. The van der Waals surface area contributed by atoms with Crippen molar-refractivity contribution in [1.29, 1.82) is 0 Å². The van der Waals surface area contributed by atoms with E-state index in [4.69, 9.17) is 19.3 Å². The Morgan fingerprint density at radius 1 is 1.07 bits per heavy atom. The molecule has 9 nitrogen and oxygen atoms in total. The van der Waals surface area contributed by atoms with E-state index in [2.05, 4.69) is 0 Å². The maximum Gasteiger partial charge on any atom is 0.407 e. The largest absolute Gasteiger partial charge is 0.493 e. The topological polar surface area (TPSA) is 109 Å². The van der Waals surface area contributed by atoms with Crippen LogP contribution in [0, 0.1) is 0 Å². The lowest BCUT2D eigenvalue weighted by Crippen LogP contribution is -2.56. The van der Waals surface area contributed by atoms with Crippen LogP contribution in [0.1, 0.15) is 12.8 Å². The van der Waals surface area contributed by atoms with E-state index in [0.29, 0.717) is 31.1 Å². The summed E-state index contributed by atoms with van der Waals surface area (Å²) < 4.78 is 16.3. The van der Waals surface area contributed by atoms with Gasteiger partial charge in [0.15, 0.2) is 0 Å². The Balaban J connectivity index is 1.84. The van der Waals surface area contributed by atoms with Crippen LogP contribution in [0.4, 0.5) is 9.59 Å². The zero-order chi connectivity index (χ0) is 19.6. The van der Waals surface area contributed by atoms with Crippen molar-refractivity contribution in [2.45, 2.75) is 18.9 Å². The lowest BCUT2D eigenvalue weighted by Gasteiger charge is -2.38. The first-order valence-electron chi connectivity index (χ1n) is 8.83. The second-order valence-electron chi connectivity index (χ2n) is 6.17. The van der Waals surface area contributed by atoms with Crippen molar-refractivity contribution < 1.29 is 34.0 Å². The molecule has 2 amide bonds. The van der Waals surface area contributed by atoms with Crippen molar-refractivity contribution in [3.8, 4) is 11.5 Å². The number of rotatable bonds is 9. The zero-order valence-electron chi connectivity index (χ0n) is 15.4. The Labute approximate surface area is 158 Å². The maximum atomic E-state index is 11.4. The third-order valence-electron chi connectivity index (χ3n) is 4.29. The van der Waals surface area contributed by atoms with Crippen LogP contribution in [-0.2, 0) is 4.74 Å². The second-order valence-corrected chi connectivity index (χ2v) is 6.17. The molecule has 1 aromatic rings. The summed E-state index contributed by atoms with van der Waals surface area (Å²) in [5.74, 6) is 1.30. The third kappa shape index (κ3) is 6.52. The Morgan fingerprint density at radius 2 is 1.78 bits per heavy atom. The Morgan fingerprint density at radius 3 is 2.41 bits per heavy atom. The van der Waals surface area contributed by atoms with Gasteiger partial charge >= 0.3 is 12.2 Å². The predicted octanol–water partition coefficient (Wildman–Crippen LogP) is 2.21. The van der Waals surface area contributed by atoms with Gasteiger partial charge in [-0.25, -0.2) is 9.59 Å². The van der Waals surface area contributed by atoms with Crippen molar-refractivity contribution >= 4 is 12.2 Å². The van der Waals surface area contributed by atoms with Crippen LogP contribution in [0.2, 0.25) is 0 Å². The Kier molecular flexibility index (Phi) is 8.00. The summed E-state index contributed by atoms with van der Waals surface area (Å²) in [5, 5.41) is 18.4. The number of benzene rings is 1. The number of carboxylic acid groups (broad SMARTS) is 2. The lowest BCUT2D eigenvalue weighted by atomic mass is 10.1. The molecule has 1 heterocycles. The van der Waals surface area contributed by atoms with Gasteiger partial charge in [0.25, 0.3) is 0 Å². The minimum atomic E-state index is -1.04. The van der Waals surface area contributed by atoms with E-state index >= 15 is 0 Å². The van der Waals surface area contributed by atoms with E-state index in [1.54, 1.807) is 19.2 Å². The molecule has 1 fully saturated rings. The van der Waals surface area contributed by atoms with Crippen molar-refractivity contribution in [3.05, 3.63) is 24.3 Å². The molecule has 0 saturated carbocycles. The van der Waals surface area contributed by atoms with Crippen LogP contribution in [-0.4, -0.2) is 84.8 Å². The minimum Gasteiger partial charge on any atom is -0.493 e. The molecule has 2 N–H and O–H groups in total. The van der Waals surface area contributed by atoms with Crippen LogP contribution in [0.3, 0.4) is 0 Å². The molecule has 2 rings (SSSR count). The fraction of sp³-hybridized carbons (Fsp3) is 0.556. The first-order valence-corrected chi connectivity index (χ1v) is 8.83. The van der Waals surface area contributed by atoms with Crippen LogP contribution in [0.5, 0.6) is 11.5 Å². The molecule has 0 bridgehead atoms. The van der Waals surface area contributed by atoms with Gasteiger partial charge in [-0.15, -0.1) is 0 Å². The average molecular weight is 382 g/mol. The van der Waals surface area contributed by atoms with Crippen molar-refractivity contribution in [3.63, 3.8) is 0 Å². The molecular weight excluding hydrogens is 356 g/mol. The van der Waals surface area contributed by atoms with Gasteiger partial charge in [-0.3, -0.25) is 0 Å². The first-order chi connectivity index (χ1) is 13.0. The van der Waals surface area contributed by atoms with Crippen molar-refractivity contribution in [2.75, 3.05) is 46.6 Å². The summed E-state index contributed by atoms with van der Waals surface area (Å²) in [6.45, 7) is 1.93. The van der Waals surface area contributed by atoms with Crippen LogP contribution in [0.15, 0.2) is 24.3 Å². The van der Waals surface area contributed by atoms with Gasteiger partial charge in [-0.1, -0.05) is 6.07 Å². The third-order valence-corrected chi connectivity index (χ3v) is 4.29. The highest BCUT2D eigenvalue weighted by molar-refractivity contribution is 5.68. The molecule has 0 aromatic heterocycles. The highest BCUT2D eigenvalue weighted by Crippen LogP contribution is 2.21. The van der Waals surface area contributed by atoms with Gasteiger partial charge in [0.05, 0.1) is 19.3 Å². The summed E-state index contributed by atoms with van der Waals surface area (Å²) in [6, 6.07) is 6.78. The van der Waals surface area contributed by atoms with E-state index in [1.807, 2.05) is 12.1 Å². The number of nitrogens with zero attached hydrogens (tertiary/aromatic N) is 2. The zero-order valence-corrected chi connectivity index (χ0v) is 15.4. The number of piperazine rings is 1. The van der Waals surface area contributed by atoms with Crippen LogP contribution < -0.4 is 9.47 Å². The summed E-state index contributed by atoms with van der Waals surface area (Å²) in [7, 11) is 1.64. The first kappa shape index (κ1) is 20.6. The van der Waals surface area contributed by atoms with Gasteiger partial charge < -0.3 is 34.2 Å². The second kappa shape index (κ2) is 10.5. The monoisotopic (exact) mass is 382 g/mol. The van der Waals surface area contributed by atoms with E-state index in [9.17, 15) is 14.7 Å². The molecule has 0 aliphatic carbocycles. The Bertz CT molecular complexity index is 625. The molecule has 9 heteroatoms. The summed E-state index contributed by atoms with van der Waals surface area (Å²) in [6.07, 6.45) is -0.899. The molecule has 1 atom stereocenters. The quantitative estimate of drug-likeness (QED) is 0.630. The highest BCUT2D eigenvalue weighted by Gasteiger charge is 2.32. The van der Waals surface area contributed by atoms with E-state index in [1.165, 1.54) is 9.80 Å². The molecule has 1 saturated heterocycles. The number of ether oxygens (including phenoxy) is 3.